The topological polar surface area (TPSA) is 116 Å². The Balaban J connectivity index is 2.06. The van der Waals surface area contributed by atoms with Crippen molar-refractivity contribution < 1.29 is 54.2 Å². The number of alkyl halides is 8. The molecule has 1 aromatic rings. The van der Waals surface area contributed by atoms with Gasteiger partial charge in [0.1, 0.15) is 23.6 Å². The highest BCUT2D eigenvalue weighted by atomic mass is 32.2. The minimum absolute atomic E-state index is 0.0308. The van der Waals surface area contributed by atoms with E-state index in [1.54, 1.807) is 0 Å². The molecule has 1 aliphatic heterocycles. The Labute approximate surface area is 245 Å². The van der Waals surface area contributed by atoms with Crippen LogP contribution in [0.25, 0.3) is 0 Å². The average Bonchev–Trinajstić information content (AvgIpc) is 3.19. The third-order valence-electron chi connectivity index (χ3n) is 7.16. The summed E-state index contributed by atoms with van der Waals surface area (Å²) in [6.07, 6.45) is -11.0. The van der Waals surface area contributed by atoms with Gasteiger partial charge in [0.2, 0.25) is 5.91 Å². The zero-order valence-electron chi connectivity index (χ0n) is 23.5. The number of nitro groups is 1. The van der Waals surface area contributed by atoms with Crippen molar-refractivity contribution in [2.45, 2.75) is 83.0 Å². The minimum atomic E-state index is -5.67. The third kappa shape index (κ3) is 11.1. The first kappa shape index (κ1) is 36.5. The lowest BCUT2D eigenvalue weighted by molar-refractivity contribution is -0.388. The van der Waals surface area contributed by atoms with Crippen LogP contribution in [0.2, 0.25) is 0 Å². The van der Waals surface area contributed by atoms with Crippen LogP contribution in [0.4, 0.5) is 45.6 Å². The van der Waals surface area contributed by atoms with Crippen LogP contribution in [0.15, 0.2) is 18.2 Å². The molecule has 2 atom stereocenters. The van der Waals surface area contributed by atoms with E-state index in [0.29, 0.717) is 19.3 Å². The van der Waals surface area contributed by atoms with Crippen LogP contribution in [0.3, 0.4) is 0 Å². The summed E-state index contributed by atoms with van der Waals surface area (Å²) in [4.78, 5) is 34.8. The number of nitro benzene ring substituents is 1. The Bertz CT molecular complexity index is 1150. The Morgan fingerprint density at radius 2 is 1.63 bits per heavy atom. The fourth-order valence-electron chi connectivity index (χ4n) is 4.89. The first-order chi connectivity index (χ1) is 19.6. The van der Waals surface area contributed by atoms with E-state index in [9.17, 15) is 59.4 Å². The summed E-state index contributed by atoms with van der Waals surface area (Å²) >= 11 is -1.61. The van der Waals surface area contributed by atoms with E-state index in [1.807, 2.05) is 13.8 Å². The summed E-state index contributed by atoms with van der Waals surface area (Å²) in [6, 6.07) is 2.09. The van der Waals surface area contributed by atoms with Crippen LogP contribution in [-0.4, -0.2) is 63.0 Å². The number of halogens is 8. The normalized spacial score (nSPS) is 16.4. The molecule has 0 aliphatic carbocycles. The van der Waals surface area contributed by atoms with Gasteiger partial charge in [-0.1, -0.05) is 31.1 Å². The fourth-order valence-corrected chi connectivity index (χ4v) is 6.09. The summed E-state index contributed by atoms with van der Waals surface area (Å²) in [5.41, 5.74) is -2.89. The zero-order valence-corrected chi connectivity index (χ0v) is 24.3. The van der Waals surface area contributed by atoms with Crippen LogP contribution in [0, 0.1) is 15.5 Å². The van der Waals surface area contributed by atoms with E-state index in [-0.39, 0.29) is 43.0 Å². The lowest BCUT2D eigenvalue weighted by Gasteiger charge is -2.31. The standard InChI is InChI=1S/C26H33F8N3O5S/c1-23(2,9-3-4-12-43(42)13-5-10-24(27,28)26(32,33)34)15-18(8-11-36-16-21(38)35-22(36)39)17-6-7-20(37(40)41)19(14-17)25(29,30)31/h6-7,14,18H,3-5,8-13,15-16H2,1-2H3,(H,35,38,39). The summed E-state index contributed by atoms with van der Waals surface area (Å²) in [5, 5.41) is 13.3. The summed E-state index contributed by atoms with van der Waals surface area (Å²) in [6.45, 7) is 3.48. The van der Waals surface area contributed by atoms with Crippen molar-refractivity contribution in [3.05, 3.63) is 39.4 Å². The van der Waals surface area contributed by atoms with Gasteiger partial charge in [0, 0.05) is 19.0 Å². The zero-order chi connectivity index (χ0) is 32.8. The van der Waals surface area contributed by atoms with Crippen molar-refractivity contribution in [3.8, 4) is 0 Å². The van der Waals surface area contributed by atoms with Crippen molar-refractivity contribution in [2.75, 3.05) is 24.6 Å². The maximum atomic E-state index is 13.7. The number of hydrogen-bond acceptors (Lipinski definition) is 5. The van der Waals surface area contributed by atoms with Gasteiger partial charge in [-0.05, 0) is 61.5 Å². The van der Waals surface area contributed by atoms with Gasteiger partial charge in [0.15, 0.2) is 0 Å². The molecule has 17 heteroatoms. The number of rotatable bonds is 16. The SMILES string of the molecule is CC(C)(CCCC[S+]([O-])CCCC(F)(F)C(F)(F)F)CC(CCN1CC(=O)NC1=O)c1ccc([N+](=O)[O-])c(C(F)(F)F)c1. The second-order valence-electron chi connectivity index (χ2n) is 11.3. The van der Waals surface area contributed by atoms with E-state index >= 15 is 0 Å². The molecule has 1 aromatic carbocycles. The van der Waals surface area contributed by atoms with Gasteiger partial charge < -0.3 is 9.45 Å². The molecule has 244 valence electrons. The molecule has 1 fully saturated rings. The molecule has 0 bridgehead atoms. The number of nitrogens with zero attached hydrogens (tertiary/aromatic N) is 2. The number of benzene rings is 1. The number of unbranched alkanes of at least 4 members (excludes halogenated alkanes) is 1. The highest BCUT2D eigenvalue weighted by molar-refractivity contribution is 7.91. The molecule has 0 aromatic heterocycles. The average molecular weight is 652 g/mol. The monoisotopic (exact) mass is 651 g/mol. The van der Waals surface area contributed by atoms with Crippen molar-refractivity contribution in [3.63, 3.8) is 0 Å². The van der Waals surface area contributed by atoms with Gasteiger partial charge in [-0.25, -0.2) is 4.79 Å². The number of carbonyl (C=O) groups excluding carboxylic acids is 2. The van der Waals surface area contributed by atoms with Crippen LogP contribution in [-0.2, 0) is 22.1 Å². The molecule has 0 spiro atoms. The summed E-state index contributed by atoms with van der Waals surface area (Å²) < 4.78 is 116. The van der Waals surface area contributed by atoms with Gasteiger partial charge in [-0.15, -0.1) is 0 Å². The molecule has 1 heterocycles. The number of imide groups is 1. The summed E-state index contributed by atoms with van der Waals surface area (Å²) in [7, 11) is 0. The molecular weight excluding hydrogens is 618 g/mol. The molecule has 2 unspecified atom stereocenters. The van der Waals surface area contributed by atoms with Crippen molar-refractivity contribution >= 4 is 28.8 Å². The third-order valence-corrected chi connectivity index (χ3v) is 8.65. The highest BCUT2D eigenvalue weighted by Gasteiger charge is 2.56. The van der Waals surface area contributed by atoms with Gasteiger partial charge in [0.05, 0.1) is 4.92 Å². The molecule has 2 rings (SSSR count). The second-order valence-corrected chi connectivity index (χ2v) is 13.0. The lowest BCUT2D eigenvalue weighted by atomic mass is 9.75. The predicted molar refractivity (Wildman–Crippen MR) is 141 cm³/mol. The Hall–Kier alpha value is -2.69. The van der Waals surface area contributed by atoms with Crippen LogP contribution in [0.5, 0.6) is 0 Å². The maximum absolute atomic E-state index is 13.7. The number of urea groups is 1. The maximum Gasteiger partial charge on any atom is 0.453 e. The number of amides is 3. The fraction of sp³-hybridized carbons (Fsp3) is 0.692. The van der Waals surface area contributed by atoms with Crippen molar-refractivity contribution in [1.29, 1.82) is 0 Å². The molecule has 0 saturated carbocycles. The molecular formula is C26H33F8N3O5S. The van der Waals surface area contributed by atoms with Crippen molar-refractivity contribution in [2.24, 2.45) is 5.41 Å². The smallest absolute Gasteiger partial charge is 0.453 e. The second kappa shape index (κ2) is 14.4. The molecule has 1 saturated heterocycles. The molecule has 8 nitrogen and oxygen atoms in total. The van der Waals surface area contributed by atoms with Gasteiger partial charge in [-0.2, -0.15) is 35.1 Å². The molecule has 1 aliphatic rings. The Morgan fingerprint density at radius 3 is 2.16 bits per heavy atom. The minimum Gasteiger partial charge on any atom is -0.616 e. The number of carbonyl (C=O) groups is 2. The largest absolute Gasteiger partial charge is 0.616 e. The molecule has 0 radical (unpaired) electrons. The van der Waals surface area contributed by atoms with Crippen molar-refractivity contribution in [1.82, 2.24) is 10.2 Å². The van der Waals surface area contributed by atoms with Gasteiger partial charge in [0.25, 0.3) is 5.69 Å². The van der Waals surface area contributed by atoms with E-state index in [4.69, 9.17) is 0 Å². The first-order valence-corrected chi connectivity index (χ1v) is 14.9. The van der Waals surface area contributed by atoms with Gasteiger partial charge >= 0.3 is 24.3 Å². The lowest BCUT2D eigenvalue weighted by Crippen LogP contribution is -2.36. The van der Waals surface area contributed by atoms with E-state index in [0.717, 1.165) is 12.1 Å². The first-order valence-electron chi connectivity index (χ1n) is 13.4. The Morgan fingerprint density at radius 1 is 1.00 bits per heavy atom. The Kier molecular flexibility index (Phi) is 12.2. The number of hydrogen-bond donors (Lipinski definition) is 1. The number of nitrogens with one attached hydrogen (secondary N) is 1. The van der Waals surface area contributed by atoms with Gasteiger partial charge in [-0.3, -0.25) is 20.2 Å². The van der Waals surface area contributed by atoms with E-state index in [1.165, 1.54) is 11.0 Å². The van der Waals surface area contributed by atoms with Crippen LogP contribution < -0.4 is 5.32 Å². The molecule has 3 amide bonds. The van der Waals surface area contributed by atoms with Crippen LogP contribution >= 0.6 is 0 Å². The summed E-state index contributed by atoms with van der Waals surface area (Å²) in [5.74, 6) is -6.22. The predicted octanol–water partition coefficient (Wildman–Crippen LogP) is 6.95. The van der Waals surface area contributed by atoms with E-state index in [2.05, 4.69) is 5.32 Å². The van der Waals surface area contributed by atoms with Crippen LogP contribution in [0.1, 0.15) is 75.8 Å². The van der Waals surface area contributed by atoms with E-state index < -0.39 is 81.7 Å². The quantitative estimate of drug-likeness (QED) is 0.0519. The molecule has 1 N–H and O–H groups in total. The molecule has 43 heavy (non-hydrogen) atoms. The highest BCUT2D eigenvalue weighted by Crippen LogP contribution is 2.42.